The van der Waals surface area contributed by atoms with Crippen LogP contribution in [0.4, 0.5) is 5.69 Å². The topological polar surface area (TPSA) is 73.1 Å². The van der Waals surface area contributed by atoms with Crippen molar-refractivity contribution in [2.75, 3.05) is 5.32 Å². The van der Waals surface area contributed by atoms with E-state index in [4.69, 9.17) is 5.26 Å². The number of phenols is 1. The van der Waals surface area contributed by atoms with Gasteiger partial charge in [0.25, 0.3) is 0 Å². The zero-order chi connectivity index (χ0) is 13.8. The first kappa shape index (κ1) is 12.7. The van der Waals surface area contributed by atoms with Gasteiger partial charge in [-0.25, -0.2) is 0 Å². The third kappa shape index (κ3) is 2.90. The van der Waals surface area contributed by atoms with Crippen molar-refractivity contribution >= 4 is 11.6 Å². The Bertz CT molecular complexity index is 672. The van der Waals surface area contributed by atoms with Crippen LogP contribution in [0.3, 0.4) is 0 Å². The van der Waals surface area contributed by atoms with E-state index in [1.807, 2.05) is 12.1 Å². The summed E-state index contributed by atoms with van der Waals surface area (Å²) >= 11 is 0. The largest absolute Gasteiger partial charge is 0.507 e. The van der Waals surface area contributed by atoms with Crippen molar-refractivity contribution < 1.29 is 9.90 Å². The van der Waals surface area contributed by atoms with E-state index < -0.39 is 0 Å². The molecule has 0 saturated heterocycles. The molecule has 0 atom stereocenters. The summed E-state index contributed by atoms with van der Waals surface area (Å²) in [6.45, 7) is 1.43. The van der Waals surface area contributed by atoms with Gasteiger partial charge in [-0.3, -0.25) is 4.79 Å². The monoisotopic (exact) mass is 252 g/mol. The lowest BCUT2D eigenvalue weighted by atomic mass is 10.0. The van der Waals surface area contributed by atoms with E-state index in [-0.39, 0.29) is 11.7 Å². The van der Waals surface area contributed by atoms with Crippen molar-refractivity contribution in [3.8, 4) is 22.9 Å². The van der Waals surface area contributed by atoms with Crippen LogP contribution in [0.5, 0.6) is 5.75 Å². The summed E-state index contributed by atoms with van der Waals surface area (Å²) in [6.07, 6.45) is 0. The van der Waals surface area contributed by atoms with Crippen LogP contribution in [0.25, 0.3) is 11.1 Å². The number of hydrogen-bond donors (Lipinski definition) is 2. The minimum atomic E-state index is -0.160. The Kier molecular flexibility index (Phi) is 3.48. The molecule has 19 heavy (non-hydrogen) atoms. The van der Waals surface area contributed by atoms with Gasteiger partial charge in [0.2, 0.25) is 5.91 Å². The number of aromatic hydroxyl groups is 1. The molecule has 0 aliphatic carbocycles. The van der Waals surface area contributed by atoms with Crippen LogP contribution in [0.1, 0.15) is 12.5 Å². The van der Waals surface area contributed by atoms with Crippen LogP contribution < -0.4 is 5.32 Å². The summed E-state index contributed by atoms with van der Waals surface area (Å²) in [5.74, 6) is -0.0638. The fourth-order valence-electron chi connectivity index (χ4n) is 1.80. The number of hydrogen-bond acceptors (Lipinski definition) is 3. The molecule has 0 aliphatic rings. The number of nitrogens with zero attached hydrogens (tertiary/aromatic N) is 1. The maximum Gasteiger partial charge on any atom is 0.221 e. The van der Waals surface area contributed by atoms with Gasteiger partial charge in [0.05, 0.1) is 11.6 Å². The van der Waals surface area contributed by atoms with E-state index >= 15 is 0 Å². The minimum absolute atomic E-state index is 0.0963. The average molecular weight is 252 g/mol. The molecule has 0 spiro atoms. The number of amides is 1. The van der Waals surface area contributed by atoms with Gasteiger partial charge in [-0.2, -0.15) is 5.26 Å². The maximum atomic E-state index is 11.0. The molecule has 2 aromatic carbocycles. The van der Waals surface area contributed by atoms with Gasteiger partial charge >= 0.3 is 0 Å². The van der Waals surface area contributed by atoms with Gasteiger partial charge < -0.3 is 10.4 Å². The molecule has 2 rings (SSSR count). The molecule has 2 aromatic rings. The number of carbonyl (C=O) groups is 1. The van der Waals surface area contributed by atoms with Crippen molar-refractivity contribution in [2.24, 2.45) is 0 Å². The summed E-state index contributed by atoms with van der Waals surface area (Å²) in [4.78, 5) is 11.0. The summed E-state index contributed by atoms with van der Waals surface area (Å²) in [7, 11) is 0. The second kappa shape index (κ2) is 5.23. The number of nitriles is 1. The Morgan fingerprint density at radius 1 is 1.26 bits per heavy atom. The van der Waals surface area contributed by atoms with Crippen LogP contribution in [-0.2, 0) is 4.79 Å². The Hall–Kier alpha value is -2.80. The molecular weight excluding hydrogens is 240 g/mol. The minimum Gasteiger partial charge on any atom is -0.507 e. The number of carbonyl (C=O) groups excluding carboxylic acids is 1. The van der Waals surface area contributed by atoms with Gasteiger partial charge in [-0.15, -0.1) is 0 Å². The third-order valence-electron chi connectivity index (χ3n) is 2.62. The van der Waals surface area contributed by atoms with Gasteiger partial charge in [0.15, 0.2) is 0 Å². The van der Waals surface area contributed by atoms with Crippen molar-refractivity contribution in [1.29, 1.82) is 5.26 Å². The predicted molar refractivity (Wildman–Crippen MR) is 72.6 cm³/mol. The molecule has 0 fully saturated rings. The van der Waals surface area contributed by atoms with Crippen LogP contribution in [-0.4, -0.2) is 11.0 Å². The van der Waals surface area contributed by atoms with Crippen LogP contribution in [0, 0.1) is 11.3 Å². The molecule has 0 heterocycles. The van der Waals surface area contributed by atoms with Crippen molar-refractivity contribution in [3.63, 3.8) is 0 Å². The molecule has 4 nitrogen and oxygen atoms in total. The highest BCUT2D eigenvalue weighted by Crippen LogP contribution is 2.31. The number of rotatable bonds is 2. The smallest absolute Gasteiger partial charge is 0.221 e. The van der Waals surface area contributed by atoms with Gasteiger partial charge in [0, 0.05) is 18.2 Å². The highest BCUT2D eigenvalue weighted by molar-refractivity contribution is 5.89. The third-order valence-corrected chi connectivity index (χ3v) is 2.62. The molecule has 94 valence electrons. The lowest BCUT2D eigenvalue weighted by molar-refractivity contribution is -0.114. The van der Waals surface area contributed by atoms with E-state index in [1.54, 1.807) is 30.3 Å². The molecule has 0 aromatic heterocycles. The number of benzene rings is 2. The van der Waals surface area contributed by atoms with Gasteiger partial charge in [-0.1, -0.05) is 12.1 Å². The molecule has 2 N–H and O–H groups in total. The molecule has 0 aliphatic heterocycles. The van der Waals surface area contributed by atoms with E-state index in [0.29, 0.717) is 16.8 Å². The maximum absolute atomic E-state index is 11.0. The standard InChI is InChI=1S/C15H12N2O2/c1-10(18)17-13-4-2-3-12(8-13)14-7-11(9-16)5-6-15(14)19/h2-8,19H,1H3,(H,17,18). The SMILES string of the molecule is CC(=O)Nc1cccc(-c2cc(C#N)ccc2O)c1. The Morgan fingerprint density at radius 2 is 2.05 bits per heavy atom. The lowest BCUT2D eigenvalue weighted by Crippen LogP contribution is -2.05. The van der Waals surface area contributed by atoms with E-state index in [2.05, 4.69) is 5.32 Å². The summed E-state index contributed by atoms with van der Waals surface area (Å²) in [5, 5.41) is 21.4. The molecular formula is C15H12N2O2. The van der Waals surface area contributed by atoms with Crippen molar-refractivity contribution in [1.82, 2.24) is 0 Å². The Labute approximate surface area is 110 Å². The Balaban J connectivity index is 2.47. The van der Waals surface area contributed by atoms with Gasteiger partial charge in [-0.05, 0) is 35.9 Å². The first-order valence-electron chi connectivity index (χ1n) is 5.71. The summed E-state index contributed by atoms with van der Waals surface area (Å²) in [5.41, 5.74) is 2.41. The van der Waals surface area contributed by atoms with Crippen LogP contribution in [0.2, 0.25) is 0 Å². The fourth-order valence-corrected chi connectivity index (χ4v) is 1.80. The molecule has 0 radical (unpaired) electrons. The molecule has 0 unspecified atom stereocenters. The highest BCUT2D eigenvalue weighted by atomic mass is 16.3. The van der Waals surface area contributed by atoms with Crippen molar-refractivity contribution in [3.05, 3.63) is 48.0 Å². The average Bonchev–Trinajstić information content (AvgIpc) is 2.39. The molecule has 4 heteroatoms. The zero-order valence-corrected chi connectivity index (χ0v) is 10.3. The second-order valence-electron chi connectivity index (χ2n) is 4.11. The summed E-state index contributed by atoms with van der Waals surface area (Å²) in [6, 6.07) is 13.8. The number of nitrogens with one attached hydrogen (secondary N) is 1. The Morgan fingerprint density at radius 3 is 2.74 bits per heavy atom. The number of anilines is 1. The normalized spacial score (nSPS) is 9.68. The lowest BCUT2D eigenvalue weighted by Gasteiger charge is -2.08. The van der Waals surface area contributed by atoms with E-state index in [0.717, 1.165) is 5.56 Å². The molecule has 0 saturated carbocycles. The molecule has 1 amide bonds. The fraction of sp³-hybridized carbons (Fsp3) is 0.0667. The van der Waals surface area contributed by atoms with Crippen molar-refractivity contribution in [2.45, 2.75) is 6.92 Å². The first-order valence-corrected chi connectivity index (χ1v) is 5.71. The van der Waals surface area contributed by atoms with E-state index in [9.17, 15) is 9.90 Å². The molecule has 0 bridgehead atoms. The van der Waals surface area contributed by atoms with Crippen LogP contribution >= 0.6 is 0 Å². The first-order chi connectivity index (χ1) is 9.10. The second-order valence-corrected chi connectivity index (χ2v) is 4.11. The predicted octanol–water partition coefficient (Wildman–Crippen LogP) is 2.89. The quantitative estimate of drug-likeness (QED) is 0.863. The zero-order valence-electron chi connectivity index (χ0n) is 10.3. The number of phenolic OH excluding ortho intramolecular Hbond substituents is 1. The van der Waals surface area contributed by atoms with Gasteiger partial charge in [0.1, 0.15) is 5.75 Å². The summed E-state index contributed by atoms with van der Waals surface area (Å²) < 4.78 is 0. The van der Waals surface area contributed by atoms with Crippen LogP contribution in [0.15, 0.2) is 42.5 Å². The highest BCUT2D eigenvalue weighted by Gasteiger charge is 2.07. The van der Waals surface area contributed by atoms with E-state index in [1.165, 1.54) is 13.0 Å².